The first kappa shape index (κ1) is 14.2. The van der Waals surface area contributed by atoms with Crippen molar-refractivity contribution in [3.05, 3.63) is 40.3 Å². The zero-order valence-corrected chi connectivity index (χ0v) is 11.0. The SMILES string of the molecule is O=S(=O)([O-])C(Cl)=Cc1ccccc1.[Na+]. The largest absolute Gasteiger partial charge is 1.00 e. The molecule has 0 amide bonds. The van der Waals surface area contributed by atoms with Gasteiger partial charge in [-0.15, -0.1) is 0 Å². The van der Waals surface area contributed by atoms with Gasteiger partial charge >= 0.3 is 29.6 Å². The quantitative estimate of drug-likeness (QED) is 0.481. The second-order valence-corrected chi connectivity index (χ2v) is 4.29. The van der Waals surface area contributed by atoms with Gasteiger partial charge in [0.05, 0.1) is 0 Å². The van der Waals surface area contributed by atoms with E-state index in [-0.39, 0.29) is 29.6 Å². The number of benzene rings is 1. The summed E-state index contributed by atoms with van der Waals surface area (Å²) in [5, 5.41) is 0. The molecular formula is C8H6ClNaO3S. The van der Waals surface area contributed by atoms with E-state index in [4.69, 9.17) is 11.6 Å². The Kier molecular flexibility index (Phi) is 5.97. The minimum Gasteiger partial charge on any atom is -0.743 e. The Hall–Kier alpha value is 0.160. The van der Waals surface area contributed by atoms with Gasteiger partial charge in [0.2, 0.25) is 0 Å². The van der Waals surface area contributed by atoms with Crippen LogP contribution >= 0.6 is 11.6 Å². The number of hydrogen-bond donors (Lipinski definition) is 0. The van der Waals surface area contributed by atoms with E-state index in [0.29, 0.717) is 5.56 Å². The van der Waals surface area contributed by atoms with Crippen LogP contribution in [-0.4, -0.2) is 13.0 Å². The van der Waals surface area contributed by atoms with E-state index in [1.54, 1.807) is 30.3 Å². The van der Waals surface area contributed by atoms with Gasteiger partial charge in [0.25, 0.3) is 0 Å². The summed E-state index contributed by atoms with van der Waals surface area (Å²) in [5.74, 6) is 0. The van der Waals surface area contributed by atoms with Crippen LogP contribution < -0.4 is 29.6 Å². The molecule has 0 atom stereocenters. The molecule has 14 heavy (non-hydrogen) atoms. The van der Waals surface area contributed by atoms with Crippen molar-refractivity contribution in [3.8, 4) is 0 Å². The van der Waals surface area contributed by atoms with E-state index in [1.807, 2.05) is 0 Å². The van der Waals surface area contributed by atoms with Crippen molar-refractivity contribution in [1.82, 2.24) is 0 Å². The summed E-state index contributed by atoms with van der Waals surface area (Å²) in [6, 6.07) is 8.50. The Labute approximate surface area is 110 Å². The molecule has 0 radical (unpaired) electrons. The second kappa shape index (κ2) is 5.90. The maximum atomic E-state index is 10.4. The molecule has 1 aromatic rings. The van der Waals surface area contributed by atoms with Gasteiger partial charge in [0, 0.05) is 0 Å². The van der Waals surface area contributed by atoms with Gasteiger partial charge in [-0.2, -0.15) is 0 Å². The molecule has 1 aromatic carbocycles. The zero-order valence-electron chi connectivity index (χ0n) is 7.48. The van der Waals surface area contributed by atoms with Crippen molar-refractivity contribution in [2.45, 2.75) is 0 Å². The van der Waals surface area contributed by atoms with Crippen molar-refractivity contribution >= 4 is 27.8 Å². The second-order valence-electron chi connectivity index (χ2n) is 2.31. The smallest absolute Gasteiger partial charge is 0.743 e. The fraction of sp³-hybridized carbons (Fsp3) is 0. The molecule has 1 rings (SSSR count). The number of rotatable bonds is 2. The molecule has 0 spiro atoms. The van der Waals surface area contributed by atoms with Crippen molar-refractivity contribution in [2.24, 2.45) is 0 Å². The predicted octanol–water partition coefficient (Wildman–Crippen LogP) is -1.23. The monoisotopic (exact) mass is 240 g/mol. The fourth-order valence-electron chi connectivity index (χ4n) is 0.752. The van der Waals surface area contributed by atoms with Crippen LogP contribution in [-0.2, 0) is 10.1 Å². The molecule has 6 heteroatoms. The van der Waals surface area contributed by atoms with Crippen LogP contribution in [0.5, 0.6) is 0 Å². The van der Waals surface area contributed by atoms with Gasteiger partial charge in [-0.05, 0) is 11.6 Å². The average molecular weight is 241 g/mol. The van der Waals surface area contributed by atoms with Crippen molar-refractivity contribution in [1.29, 1.82) is 0 Å². The van der Waals surface area contributed by atoms with Crippen LogP contribution in [0.25, 0.3) is 6.08 Å². The van der Waals surface area contributed by atoms with E-state index in [0.717, 1.165) is 6.08 Å². The summed E-state index contributed by atoms with van der Waals surface area (Å²) in [6.45, 7) is 0. The van der Waals surface area contributed by atoms with E-state index >= 15 is 0 Å². The molecule has 0 fully saturated rings. The van der Waals surface area contributed by atoms with Crippen LogP contribution in [0.3, 0.4) is 0 Å². The Balaban J connectivity index is 0.00000169. The van der Waals surface area contributed by atoms with Crippen molar-refractivity contribution in [3.63, 3.8) is 0 Å². The van der Waals surface area contributed by atoms with Crippen LogP contribution in [0, 0.1) is 0 Å². The topological polar surface area (TPSA) is 57.2 Å². The molecule has 0 N–H and O–H groups in total. The predicted molar refractivity (Wildman–Crippen MR) is 50.0 cm³/mol. The molecular weight excluding hydrogens is 235 g/mol. The van der Waals surface area contributed by atoms with Gasteiger partial charge in [-0.1, -0.05) is 41.9 Å². The minimum atomic E-state index is -4.52. The Bertz CT molecular complexity index is 413. The summed E-state index contributed by atoms with van der Waals surface area (Å²) >= 11 is 5.25. The van der Waals surface area contributed by atoms with Gasteiger partial charge < -0.3 is 4.55 Å². The molecule has 0 saturated carbocycles. The molecule has 0 aliphatic carbocycles. The number of halogens is 1. The minimum absolute atomic E-state index is 0. The first-order chi connectivity index (χ1) is 6.00. The van der Waals surface area contributed by atoms with Gasteiger partial charge in [0.15, 0.2) is 0 Å². The van der Waals surface area contributed by atoms with E-state index in [2.05, 4.69) is 0 Å². The average Bonchev–Trinajstić information content (AvgIpc) is 2.04. The van der Waals surface area contributed by atoms with Crippen molar-refractivity contribution < 1.29 is 42.5 Å². The Morgan fingerprint density at radius 2 is 1.79 bits per heavy atom. The molecule has 0 aromatic heterocycles. The van der Waals surface area contributed by atoms with Gasteiger partial charge in [-0.3, -0.25) is 0 Å². The third-order valence-electron chi connectivity index (χ3n) is 1.32. The Morgan fingerprint density at radius 3 is 2.21 bits per heavy atom. The van der Waals surface area contributed by atoms with Gasteiger partial charge in [0.1, 0.15) is 14.5 Å². The normalized spacial score (nSPS) is 12.0. The van der Waals surface area contributed by atoms with E-state index < -0.39 is 14.5 Å². The molecule has 0 saturated heterocycles. The maximum Gasteiger partial charge on any atom is 1.00 e. The summed E-state index contributed by atoms with van der Waals surface area (Å²) in [5.41, 5.74) is 0.576. The van der Waals surface area contributed by atoms with Crippen LogP contribution in [0.2, 0.25) is 0 Å². The molecule has 0 heterocycles. The summed E-state index contributed by atoms with van der Waals surface area (Å²) in [7, 11) is -4.52. The third-order valence-corrected chi connectivity index (χ3v) is 2.59. The molecule has 0 aliphatic heterocycles. The molecule has 0 bridgehead atoms. The maximum absolute atomic E-state index is 10.4. The molecule has 0 aliphatic rings. The fourth-order valence-corrected chi connectivity index (χ4v) is 1.16. The zero-order chi connectivity index (χ0) is 9.90. The summed E-state index contributed by atoms with van der Waals surface area (Å²) < 4.78 is 30.4. The first-order valence-corrected chi connectivity index (χ1v) is 5.17. The standard InChI is InChI=1S/C8H7ClO3S.Na/c9-8(13(10,11)12)6-7-4-2-1-3-5-7;/h1-6H,(H,10,11,12);/q;+1/p-1. The number of hydrogen-bond acceptors (Lipinski definition) is 3. The van der Waals surface area contributed by atoms with Crippen LogP contribution in [0.4, 0.5) is 0 Å². The molecule has 3 nitrogen and oxygen atoms in total. The first-order valence-electron chi connectivity index (χ1n) is 3.38. The Morgan fingerprint density at radius 1 is 1.29 bits per heavy atom. The summed E-state index contributed by atoms with van der Waals surface area (Å²) in [4.78, 5) is 0. The van der Waals surface area contributed by atoms with Crippen molar-refractivity contribution in [2.75, 3.05) is 0 Å². The molecule has 70 valence electrons. The van der Waals surface area contributed by atoms with E-state index in [9.17, 15) is 13.0 Å². The van der Waals surface area contributed by atoms with Crippen LogP contribution in [0.15, 0.2) is 34.7 Å². The van der Waals surface area contributed by atoms with Crippen LogP contribution in [0.1, 0.15) is 5.56 Å². The third kappa shape index (κ3) is 4.59. The molecule has 0 unspecified atom stereocenters. The van der Waals surface area contributed by atoms with Gasteiger partial charge in [-0.25, -0.2) is 8.42 Å². The summed E-state index contributed by atoms with van der Waals surface area (Å²) in [6.07, 6.45) is 1.11. The van der Waals surface area contributed by atoms with E-state index in [1.165, 1.54) is 0 Å².